The largest absolute Gasteiger partial charge is 0.491 e. The third kappa shape index (κ3) is 7.85. The molecule has 0 spiro atoms. The van der Waals surface area contributed by atoms with Gasteiger partial charge in [-0.05, 0) is 82.5 Å². The lowest BCUT2D eigenvalue weighted by Crippen LogP contribution is -2.27. The molecule has 0 N–H and O–H groups in total. The molecule has 0 radical (unpaired) electrons. The molecule has 4 aromatic rings. The minimum atomic E-state index is -0.624. The highest BCUT2D eigenvalue weighted by Gasteiger charge is 2.23. The van der Waals surface area contributed by atoms with E-state index in [2.05, 4.69) is 79.7 Å². The lowest BCUT2D eigenvalue weighted by molar-refractivity contribution is -0.154. The summed E-state index contributed by atoms with van der Waals surface area (Å²) in [6, 6.07) is 31.7. The average molecular weight is 591 g/mol. The number of rotatable bonds is 14. The molecule has 2 unspecified atom stereocenters. The van der Waals surface area contributed by atoms with Crippen LogP contribution in [0.25, 0.3) is 23.3 Å². The maximum Gasteiger partial charge on any atom is 0.335 e. The number of fused-ring (bicyclic) bond motifs is 2. The summed E-state index contributed by atoms with van der Waals surface area (Å²) < 4.78 is 23.1. The van der Waals surface area contributed by atoms with Crippen molar-refractivity contribution in [3.05, 3.63) is 124 Å². The van der Waals surface area contributed by atoms with E-state index in [0.29, 0.717) is 26.2 Å². The van der Waals surface area contributed by atoms with Crippen LogP contribution >= 0.6 is 0 Å². The first-order valence-corrected chi connectivity index (χ1v) is 15.6. The van der Waals surface area contributed by atoms with Crippen molar-refractivity contribution in [3.8, 4) is 16.9 Å². The van der Waals surface area contributed by atoms with Gasteiger partial charge in [0.05, 0.1) is 13.2 Å². The SMILES string of the molecule is CCCCc1ccc2c(c1)C=Cc1cc(-c3ccccc3)ccc1C2OCCOc1ccc(CC(OC)C(=O)OCC)cc1. The minimum Gasteiger partial charge on any atom is -0.491 e. The van der Waals surface area contributed by atoms with E-state index < -0.39 is 6.10 Å². The van der Waals surface area contributed by atoms with Crippen molar-refractivity contribution in [2.45, 2.75) is 51.7 Å². The van der Waals surface area contributed by atoms with Crippen LogP contribution in [0.2, 0.25) is 0 Å². The Morgan fingerprint density at radius 3 is 2.18 bits per heavy atom. The molecule has 0 fully saturated rings. The van der Waals surface area contributed by atoms with E-state index in [9.17, 15) is 4.79 Å². The molecule has 5 heteroatoms. The maximum atomic E-state index is 12.1. The number of unbranched alkanes of at least 4 members (excludes halogenated alkanes) is 1. The van der Waals surface area contributed by atoms with E-state index in [-0.39, 0.29) is 12.1 Å². The summed E-state index contributed by atoms with van der Waals surface area (Å²) in [4.78, 5) is 12.1. The first-order valence-electron chi connectivity index (χ1n) is 15.6. The molecule has 228 valence electrons. The molecule has 0 saturated heterocycles. The molecule has 2 atom stereocenters. The second-order valence-electron chi connectivity index (χ2n) is 11.0. The fourth-order valence-electron chi connectivity index (χ4n) is 5.60. The van der Waals surface area contributed by atoms with E-state index in [1.807, 2.05) is 30.3 Å². The summed E-state index contributed by atoms with van der Waals surface area (Å²) in [5, 5.41) is 0. The van der Waals surface area contributed by atoms with E-state index in [1.165, 1.54) is 47.8 Å². The van der Waals surface area contributed by atoms with Crippen molar-refractivity contribution in [3.63, 3.8) is 0 Å². The molecule has 0 aliphatic heterocycles. The number of carbonyl (C=O) groups is 1. The summed E-state index contributed by atoms with van der Waals surface area (Å²) in [6.45, 7) is 5.19. The Labute approximate surface area is 261 Å². The Bertz CT molecular complexity index is 1540. The Kier molecular flexibility index (Phi) is 11.0. The fourth-order valence-corrected chi connectivity index (χ4v) is 5.60. The number of methoxy groups -OCH3 is 1. The van der Waals surface area contributed by atoms with Crippen LogP contribution in [0, 0.1) is 0 Å². The normalized spacial score (nSPS) is 14.3. The molecule has 0 bridgehead atoms. The molecule has 4 aromatic carbocycles. The molecule has 5 rings (SSSR count). The first kappa shape index (κ1) is 31.2. The van der Waals surface area contributed by atoms with Crippen molar-refractivity contribution < 1.29 is 23.7 Å². The molecule has 0 amide bonds. The summed E-state index contributed by atoms with van der Waals surface area (Å²) in [7, 11) is 1.52. The van der Waals surface area contributed by atoms with Crippen LogP contribution in [0.5, 0.6) is 5.75 Å². The number of hydrogen-bond acceptors (Lipinski definition) is 5. The molecule has 0 saturated carbocycles. The van der Waals surface area contributed by atoms with Crippen LogP contribution in [0.15, 0.2) is 91.0 Å². The molecule has 0 heterocycles. The van der Waals surface area contributed by atoms with Gasteiger partial charge in [-0.1, -0.05) is 98.3 Å². The molecule has 44 heavy (non-hydrogen) atoms. The molecular formula is C39H42O5. The second-order valence-corrected chi connectivity index (χ2v) is 11.0. The van der Waals surface area contributed by atoms with E-state index in [4.69, 9.17) is 18.9 Å². The zero-order chi connectivity index (χ0) is 30.7. The number of hydrogen-bond donors (Lipinski definition) is 0. The number of aryl methyl sites for hydroxylation is 1. The smallest absolute Gasteiger partial charge is 0.335 e. The maximum absolute atomic E-state index is 12.1. The van der Waals surface area contributed by atoms with Crippen LogP contribution in [0.1, 0.15) is 66.2 Å². The Morgan fingerprint density at radius 2 is 1.48 bits per heavy atom. The summed E-state index contributed by atoms with van der Waals surface area (Å²) in [6.07, 6.45) is 7.50. The van der Waals surface area contributed by atoms with Gasteiger partial charge in [-0.15, -0.1) is 0 Å². The van der Waals surface area contributed by atoms with Crippen molar-refractivity contribution in [2.24, 2.45) is 0 Å². The average Bonchev–Trinajstić information content (AvgIpc) is 3.21. The van der Waals surface area contributed by atoms with E-state index in [1.54, 1.807) is 6.92 Å². The Hall–Kier alpha value is -4.19. The highest BCUT2D eigenvalue weighted by atomic mass is 16.6. The van der Waals surface area contributed by atoms with Gasteiger partial charge in [0.15, 0.2) is 6.10 Å². The van der Waals surface area contributed by atoms with Gasteiger partial charge in [-0.25, -0.2) is 4.79 Å². The lowest BCUT2D eigenvalue weighted by Gasteiger charge is -2.22. The number of carbonyl (C=O) groups excluding carboxylic acids is 1. The van der Waals surface area contributed by atoms with Crippen LogP contribution in [-0.2, 0) is 31.8 Å². The Balaban J connectivity index is 1.29. The fraction of sp³-hybridized carbons (Fsp3) is 0.308. The van der Waals surface area contributed by atoms with E-state index >= 15 is 0 Å². The topological polar surface area (TPSA) is 54.0 Å². The predicted octanol–water partition coefficient (Wildman–Crippen LogP) is 8.49. The molecule has 1 aliphatic carbocycles. The summed E-state index contributed by atoms with van der Waals surface area (Å²) in [5.41, 5.74) is 9.41. The molecule has 5 nitrogen and oxygen atoms in total. The second kappa shape index (κ2) is 15.5. The van der Waals surface area contributed by atoms with Gasteiger partial charge in [0, 0.05) is 13.5 Å². The van der Waals surface area contributed by atoms with Crippen molar-refractivity contribution >= 4 is 18.1 Å². The monoisotopic (exact) mass is 590 g/mol. The van der Waals surface area contributed by atoms with Gasteiger partial charge in [-0.2, -0.15) is 0 Å². The quantitative estimate of drug-likeness (QED) is 0.109. The summed E-state index contributed by atoms with van der Waals surface area (Å²) in [5.74, 6) is 0.400. The highest BCUT2D eigenvalue weighted by molar-refractivity contribution is 5.79. The van der Waals surface area contributed by atoms with Crippen LogP contribution < -0.4 is 4.74 Å². The first-order chi connectivity index (χ1) is 21.6. The Morgan fingerprint density at radius 1 is 0.773 bits per heavy atom. The van der Waals surface area contributed by atoms with Crippen molar-refractivity contribution in [1.82, 2.24) is 0 Å². The van der Waals surface area contributed by atoms with Gasteiger partial charge in [0.2, 0.25) is 0 Å². The molecule has 1 aliphatic rings. The zero-order valence-electron chi connectivity index (χ0n) is 26.0. The van der Waals surface area contributed by atoms with Crippen molar-refractivity contribution in [1.29, 1.82) is 0 Å². The van der Waals surface area contributed by atoms with Gasteiger partial charge in [0.1, 0.15) is 18.5 Å². The van der Waals surface area contributed by atoms with Crippen molar-refractivity contribution in [2.75, 3.05) is 26.9 Å². The number of ether oxygens (including phenoxy) is 4. The number of esters is 1. The lowest BCUT2D eigenvalue weighted by atomic mass is 9.92. The molecule has 0 aromatic heterocycles. The van der Waals surface area contributed by atoms with Gasteiger partial charge in [-0.3, -0.25) is 0 Å². The van der Waals surface area contributed by atoms with Gasteiger partial charge >= 0.3 is 5.97 Å². The predicted molar refractivity (Wildman–Crippen MR) is 177 cm³/mol. The minimum absolute atomic E-state index is 0.208. The molecular weight excluding hydrogens is 548 g/mol. The third-order valence-electron chi connectivity index (χ3n) is 7.99. The zero-order valence-corrected chi connectivity index (χ0v) is 26.0. The van der Waals surface area contributed by atoms with Crippen LogP contribution in [0.4, 0.5) is 0 Å². The van der Waals surface area contributed by atoms with E-state index in [0.717, 1.165) is 28.9 Å². The van der Waals surface area contributed by atoms with Gasteiger partial charge < -0.3 is 18.9 Å². The van der Waals surface area contributed by atoms with Crippen LogP contribution in [-0.4, -0.2) is 39.0 Å². The summed E-state index contributed by atoms with van der Waals surface area (Å²) >= 11 is 0. The van der Waals surface area contributed by atoms with Crippen LogP contribution in [0.3, 0.4) is 0 Å². The van der Waals surface area contributed by atoms with Gasteiger partial charge in [0.25, 0.3) is 0 Å². The number of benzene rings is 4. The highest BCUT2D eigenvalue weighted by Crippen LogP contribution is 2.38. The third-order valence-corrected chi connectivity index (χ3v) is 7.99. The standard InChI is InChI=1S/C39H42O5/c1-4-6-10-28-15-21-35-32(25-28)16-17-33-27-31(30-11-8-7-9-12-30)18-22-36(33)38(35)44-24-23-43-34-19-13-29(14-20-34)26-37(41-3)39(40)42-5-2/h7-9,11-22,25,27,37-38H,4-6,10,23-24,26H2,1-3H3.